The summed E-state index contributed by atoms with van der Waals surface area (Å²) in [6.45, 7) is 2.00. The van der Waals surface area contributed by atoms with E-state index in [2.05, 4.69) is 10.4 Å². The van der Waals surface area contributed by atoms with Crippen molar-refractivity contribution in [1.29, 1.82) is 0 Å². The van der Waals surface area contributed by atoms with Crippen LogP contribution in [0.4, 0.5) is 0 Å². The van der Waals surface area contributed by atoms with Crippen molar-refractivity contribution in [2.75, 3.05) is 0 Å². The predicted molar refractivity (Wildman–Crippen MR) is 48.0 cm³/mol. The first-order chi connectivity index (χ1) is 5.66. The molecule has 0 saturated carbocycles. The fourth-order valence-corrected chi connectivity index (χ4v) is 1.50. The van der Waals surface area contributed by atoms with E-state index >= 15 is 0 Å². The summed E-state index contributed by atoms with van der Waals surface area (Å²) in [4.78, 5) is 0. The van der Waals surface area contributed by atoms with E-state index in [4.69, 9.17) is 17.0 Å². The van der Waals surface area contributed by atoms with Gasteiger partial charge in [0.05, 0.1) is 12.2 Å². The summed E-state index contributed by atoms with van der Waals surface area (Å²) in [6.07, 6.45) is 1.82. The fourth-order valence-electron chi connectivity index (χ4n) is 1.24. The normalized spacial score (nSPS) is 21.2. The molecule has 0 bridgehead atoms. The highest BCUT2D eigenvalue weighted by atomic mass is 32.1. The number of ether oxygens (including phenoxy) is 1. The monoisotopic (exact) mass is 183 g/mol. The molecule has 0 aliphatic carbocycles. The van der Waals surface area contributed by atoms with Crippen LogP contribution in [0.5, 0.6) is 5.75 Å². The molecule has 0 radical (unpaired) electrons. The molecule has 2 heterocycles. The molecule has 1 aliphatic rings. The first-order valence-corrected chi connectivity index (χ1v) is 4.09. The minimum Gasteiger partial charge on any atom is -0.428 e. The van der Waals surface area contributed by atoms with Crippen molar-refractivity contribution in [3.05, 3.63) is 11.9 Å². The molecule has 1 aromatic heterocycles. The molecule has 1 unspecified atom stereocenters. The Morgan fingerprint density at radius 3 is 3.25 bits per heavy atom. The highest BCUT2D eigenvalue weighted by Crippen LogP contribution is 2.26. The van der Waals surface area contributed by atoms with Crippen molar-refractivity contribution in [2.45, 2.75) is 13.0 Å². The largest absolute Gasteiger partial charge is 0.428 e. The number of nitrogens with zero attached hydrogens (tertiary/aromatic N) is 2. The number of rotatable bonds is 0. The second-order valence-corrected chi connectivity index (χ2v) is 3.18. The lowest BCUT2D eigenvalue weighted by atomic mass is 10.2. The Labute approximate surface area is 75.5 Å². The maximum atomic E-state index is 5.26. The molecule has 1 N–H and O–H groups in total. The van der Waals surface area contributed by atoms with E-state index in [0.29, 0.717) is 5.17 Å². The van der Waals surface area contributed by atoms with Crippen LogP contribution in [0, 0.1) is 0 Å². The summed E-state index contributed by atoms with van der Waals surface area (Å²) < 4.78 is 6.98. The van der Waals surface area contributed by atoms with Crippen LogP contribution in [0.1, 0.15) is 18.7 Å². The molecule has 0 amide bonds. The van der Waals surface area contributed by atoms with Crippen molar-refractivity contribution in [3.63, 3.8) is 0 Å². The Morgan fingerprint density at radius 2 is 2.50 bits per heavy atom. The maximum absolute atomic E-state index is 5.26. The molecular formula is C7H9N3OS. The molecule has 4 nitrogen and oxygen atoms in total. The van der Waals surface area contributed by atoms with E-state index in [-0.39, 0.29) is 6.04 Å². The molecule has 0 saturated heterocycles. The summed E-state index contributed by atoms with van der Waals surface area (Å²) in [5.74, 6) is 0.758. The number of thiocarbonyl (C=S) groups is 1. The first-order valence-electron chi connectivity index (χ1n) is 3.68. The zero-order chi connectivity index (χ0) is 8.72. The second kappa shape index (κ2) is 2.45. The van der Waals surface area contributed by atoms with Crippen molar-refractivity contribution in [3.8, 4) is 5.75 Å². The summed E-state index contributed by atoms with van der Waals surface area (Å²) in [5.41, 5.74) is 0.908. The molecule has 0 spiro atoms. The third-order valence-corrected chi connectivity index (χ3v) is 1.97. The van der Waals surface area contributed by atoms with Crippen LogP contribution in [0.3, 0.4) is 0 Å². The number of aromatic nitrogens is 2. The van der Waals surface area contributed by atoms with Gasteiger partial charge in [0.25, 0.3) is 5.17 Å². The lowest BCUT2D eigenvalue weighted by Crippen LogP contribution is -2.33. The Bertz CT molecular complexity index is 333. The average Bonchev–Trinajstić information content (AvgIpc) is 2.29. The van der Waals surface area contributed by atoms with Gasteiger partial charge in [-0.2, -0.15) is 5.10 Å². The van der Waals surface area contributed by atoms with E-state index in [1.807, 2.05) is 20.2 Å². The Balaban J connectivity index is 2.46. The number of hydrogen-bond acceptors (Lipinski definition) is 3. The molecule has 1 aliphatic heterocycles. The minimum atomic E-state index is 0.141. The fraction of sp³-hybridized carbons (Fsp3) is 0.429. The third kappa shape index (κ3) is 1.06. The number of hydrogen-bond donors (Lipinski definition) is 1. The molecular weight excluding hydrogens is 174 g/mol. The van der Waals surface area contributed by atoms with Crippen LogP contribution in [0.2, 0.25) is 0 Å². The van der Waals surface area contributed by atoms with Crippen molar-refractivity contribution in [1.82, 2.24) is 15.1 Å². The van der Waals surface area contributed by atoms with Crippen LogP contribution >= 0.6 is 12.2 Å². The summed E-state index contributed by atoms with van der Waals surface area (Å²) in [6, 6.07) is 0.141. The van der Waals surface area contributed by atoms with Crippen LogP contribution in [0.15, 0.2) is 6.20 Å². The Hall–Kier alpha value is -1.10. The highest BCUT2D eigenvalue weighted by Gasteiger charge is 2.23. The Morgan fingerprint density at radius 1 is 1.75 bits per heavy atom. The molecule has 0 fully saturated rings. The summed E-state index contributed by atoms with van der Waals surface area (Å²) in [7, 11) is 1.86. The van der Waals surface area contributed by atoms with Crippen LogP contribution in [-0.2, 0) is 7.05 Å². The average molecular weight is 183 g/mol. The van der Waals surface area contributed by atoms with Gasteiger partial charge in [-0.3, -0.25) is 4.68 Å². The van der Waals surface area contributed by atoms with Crippen LogP contribution in [-0.4, -0.2) is 15.0 Å². The molecule has 0 aromatic carbocycles. The van der Waals surface area contributed by atoms with Gasteiger partial charge in [0.1, 0.15) is 5.69 Å². The van der Waals surface area contributed by atoms with E-state index in [1.54, 1.807) is 4.68 Å². The predicted octanol–water partition coefficient (Wildman–Crippen LogP) is 0.748. The molecule has 1 atom stereocenters. The molecule has 5 heteroatoms. The van der Waals surface area contributed by atoms with Gasteiger partial charge in [-0.1, -0.05) is 0 Å². The maximum Gasteiger partial charge on any atom is 0.262 e. The van der Waals surface area contributed by atoms with Gasteiger partial charge in [-0.15, -0.1) is 0 Å². The van der Waals surface area contributed by atoms with E-state index in [1.165, 1.54) is 0 Å². The molecule has 64 valence electrons. The van der Waals surface area contributed by atoms with Crippen LogP contribution in [0.25, 0.3) is 0 Å². The number of nitrogens with one attached hydrogen (secondary N) is 1. The smallest absolute Gasteiger partial charge is 0.262 e. The van der Waals surface area contributed by atoms with Crippen molar-refractivity contribution < 1.29 is 4.74 Å². The van der Waals surface area contributed by atoms with Gasteiger partial charge in [-0.25, -0.2) is 0 Å². The van der Waals surface area contributed by atoms with Crippen LogP contribution < -0.4 is 10.1 Å². The van der Waals surface area contributed by atoms with Gasteiger partial charge < -0.3 is 10.1 Å². The molecule has 2 rings (SSSR count). The quantitative estimate of drug-likeness (QED) is 0.602. The van der Waals surface area contributed by atoms with E-state index < -0.39 is 0 Å². The zero-order valence-electron chi connectivity index (χ0n) is 6.87. The van der Waals surface area contributed by atoms with E-state index in [9.17, 15) is 0 Å². The van der Waals surface area contributed by atoms with Gasteiger partial charge in [0.15, 0.2) is 5.75 Å². The highest BCUT2D eigenvalue weighted by molar-refractivity contribution is 7.80. The van der Waals surface area contributed by atoms with Crippen molar-refractivity contribution >= 4 is 17.4 Å². The number of aryl methyl sites for hydroxylation is 1. The molecule has 1 aromatic rings. The molecule has 12 heavy (non-hydrogen) atoms. The van der Waals surface area contributed by atoms with Gasteiger partial charge in [0, 0.05) is 7.05 Å². The van der Waals surface area contributed by atoms with Gasteiger partial charge >= 0.3 is 0 Å². The SMILES string of the molecule is CC1NC(=S)Oc2cn(C)nc21. The zero-order valence-corrected chi connectivity index (χ0v) is 7.68. The van der Waals surface area contributed by atoms with Crippen molar-refractivity contribution in [2.24, 2.45) is 7.05 Å². The third-order valence-electron chi connectivity index (χ3n) is 1.77. The van der Waals surface area contributed by atoms with Gasteiger partial charge in [0.2, 0.25) is 0 Å². The lowest BCUT2D eigenvalue weighted by molar-refractivity contribution is 0.463. The topological polar surface area (TPSA) is 39.1 Å². The summed E-state index contributed by atoms with van der Waals surface area (Å²) in [5, 5.41) is 7.64. The Kier molecular flexibility index (Phi) is 1.54. The van der Waals surface area contributed by atoms with E-state index in [0.717, 1.165) is 11.4 Å². The minimum absolute atomic E-state index is 0.141. The standard InChI is InChI=1S/C7H9N3OS/c1-4-6-5(3-10(2)9-6)11-7(12)8-4/h3-4H,1-2H3,(H,8,12). The summed E-state index contributed by atoms with van der Waals surface area (Å²) >= 11 is 4.90. The first kappa shape index (κ1) is 7.54. The lowest BCUT2D eigenvalue weighted by Gasteiger charge is -2.20. The second-order valence-electron chi connectivity index (χ2n) is 2.81. The van der Waals surface area contributed by atoms with Gasteiger partial charge in [-0.05, 0) is 19.1 Å². The number of fused-ring (bicyclic) bond motifs is 1.